The van der Waals surface area contributed by atoms with Crippen LogP contribution in [0, 0.1) is 11.8 Å². The maximum Gasteiger partial charge on any atom is 0.434 e. The second-order valence-electron chi connectivity index (χ2n) is 7.50. The van der Waals surface area contributed by atoms with Gasteiger partial charge in [-0.1, -0.05) is 12.8 Å². The Morgan fingerprint density at radius 3 is 2.04 bits per heavy atom. The van der Waals surface area contributed by atoms with Gasteiger partial charge in [-0.3, -0.25) is 9.59 Å². The van der Waals surface area contributed by atoms with E-state index in [-0.39, 0.29) is 23.7 Å². The van der Waals surface area contributed by atoms with E-state index in [4.69, 9.17) is 9.57 Å². The summed E-state index contributed by atoms with van der Waals surface area (Å²) in [4.78, 5) is 46.3. The minimum absolute atomic E-state index is 0.319. The van der Waals surface area contributed by atoms with Crippen LogP contribution in [0.3, 0.4) is 0 Å². The summed E-state index contributed by atoms with van der Waals surface area (Å²) in [5.74, 6) is -0.562. The number of carbonyl (C=O) groups is 3. The van der Waals surface area contributed by atoms with E-state index in [9.17, 15) is 14.4 Å². The molecule has 0 spiro atoms. The number of benzene rings is 1. The molecule has 1 saturated carbocycles. The summed E-state index contributed by atoms with van der Waals surface area (Å²) < 4.78 is 5.17. The Morgan fingerprint density at radius 2 is 1.50 bits per heavy atom. The van der Waals surface area contributed by atoms with Crippen molar-refractivity contribution >= 4 is 23.6 Å². The summed E-state index contributed by atoms with van der Waals surface area (Å²) in [6.45, 7) is 2.23. The van der Waals surface area contributed by atoms with Crippen molar-refractivity contribution in [3.05, 3.63) is 24.3 Å². The van der Waals surface area contributed by atoms with Crippen LogP contribution in [0.5, 0.6) is 5.75 Å². The van der Waals surface area contributed by atoms with Gasteiger partial charge in [0.2, 0.25) is 0 Å². The molecule has 0 radical (unpaired) electrons. The van der Waals surface area contributed by atoms with Crippen LogP contribution >= 0.6 is 0 Å². The zero-order chi connectivity index (χ0) is 19.7. The minimum atomic E-state index is -0.630. The number of methoxy groups -OCH3 is 1. The topological polar surface area (TPSA) is 79.4 Å². The van der Waals surface area contributed by atoms with Crippen LogP contribution in [0.1, 0.15) is 25.7 Å². The molecule has 1 aromatic carbocycles. The van der Waals surface area contributed by atoms with Crippen molar-refractivity contribution in [1.29, 1.82) is 0 Å². The van der Waals surface area contributed by atoms with Crippen LogP contribution in [0.15, 0.2) is 24.3 Å². The molecule has 2 atom stereocenters. The SMILES string of the molecule is COc1ccc(N2CCN(C(=O)ON3C(=O)C4CCCCC4C3=O)CC2)cc1. The van der Waals surface area contributed by atoms with Crippen LogP contribution in [-0.2, 0) is 14.4 Å². The molecular formula is C20H25N3O5. The third kappa shape index (κ3) is 3.39. The number of nitrogens with zero attached hydrogens (tertiary/aromatic N) is 3. The molecule has 2 saturated heterocycles. The lowest BCUT2D eigenvalue weighted by Crippen LogP contribution is -2.50. The summed E-state index contributed by atoms with van der Waals surface area (Å²) in [5.41, 5.74) is 1.06. The normalized spacial score (nSPS) is 25.0. The molecular weight excluding hydrogens is 362 g/mol. The fourth-order valence-electron chi connectivity index (χ4n) is 4.30. The van der Waals surface area contributed by atoms with Gasteiger partial charge in [-0.05, 0) is 37.1 Å². The van der Waals surface area contributed by atoms with Gasteiger partial charge in [-0.25, -0.2) is 4.79 Å². The van der Waals surface area contributed by atoms with Gasteiger partial charge in [-0.15, -0.1) is 5.06 Å². The van der Waals surface area contributed by atoms with Crippen LogP contribution in [0.25, 0.3) is 0 Å². The van der Waals surface area contributed by atoms with Gasteiger partial charge in [0.05, 0.1) is 18.9 Å². The number of hydrogen-bond donors (Lipinski definition) is 0. The number of carbonyl (C=O) groups excluding carboxylic acids is 3. The average Bonchev–Trinajstić information content (AvgIpc) is 2.99. The van der Waals surface area contributed by atoms with Crippen molar-refractivity contribution < 1.29 is 24.0 Å². The average molecular weight is 387 g/mol. The van der Waals surface area contributed by atoms with E-state index < -0.39 is 6.09 Å². The van der Waals surface area contributed by atoms with Crippen molar-refractivity contribution in [1.82, 2.24) is 9.96 Å². The first-order valence-electron chi connectivity index (χ1n) is 9.82. The van der Waals surface area contributed by atoms with Gasteiger partial charge in [0, 0.05) is 31.9 Å². The van der Waals surface area contributed by atoms with Crippen molar-refractivity contribution in [3.63, 3.8) is 0 Å². The Kier molecular flexibility index (Phi) is 5.11. The Labute approximate surface area is 163 Å². The highest BCUT2D eigenvalue weighted by Gasteiger charge is 2.50. The molecule has 4 rings (SSSR count). The number of rotatable bonds is 3. The van der Waals surface area contributed by atoms with E-state index in [0.717, 1.165) is 29.3 Å². The highest BCUT2D eigenvalue weighted by atomic mass is 16.7. The first-order valence-corrected chi connectivity index (χ1v) is 9.82. The highest BCUT2D eigenvalue weighted by molar-refractivity contribution is 6.04. The van der Waals surface area contributed by atoms with Gasteiger partial charge in [0.15, 0.2) is 0 Å². The first kappa shape index (κ1) is 18.6. The number of anilines is 1. The largest absolute Gasteiger partial charge is 0.497 e. The zero-order valence-electron chi connectivity index (χ0n) is 16.0. The van der Waals surface area contributed by atoms with Crippen molar-refractivity contribution in [2.24, 2.45) is 11.8 Å². The molecule has 8 heteroatoms. The summed E-state index contributed by atoms with van der Waals surface area (Å²) in [6.07, 6.45) is 2.65. The van der Waals surface area contributed by atoms with E-state index in [1.165, 1.54) is 0 Å². The van der Waals surface area contributed by atoms with Gasteiger partial charge < -0.3 is 19.4 Å². The zero-order valence-corrected chi connectivity index (χ0v) is 16.0. The van der Waals surface area contributed by atoms with Crippen molar-refractivity contribution in [3.8, 4) is 5.75 Å². The molecule has 0 bridgehead atoms. The van der Waals surface area contributed by atoms with Gasteiger partial charge in [-0.2, -0.15) is 0 Å². The molecule has 0 aromatic heterocycles. The van der Waals surface area contributed by atoms with Crippen molar-refractivity contribution in [2.75, 3.05) is 38.2 Å². The fourth-order valence-corrected chi connectivity index (χ4v) is 4.30. The van der Waals surface area contributed by atoms with E-state index >= 15 is 0 Å². The summed E-state index contributed by atoms with van der Waals surface area (Å²) in [6, 6.07) is 7.77. The molecule has 28 heavy (non-hydrogen) atoms. The third-order valence-corrected chi connectivity index (χ3v) is 5.95. The monoisotopic (exact) mass is 387 g/mol. The lowest BCUT2D eigenvalue weighted by molar-refractivity contribution is -0.175. The summed E-state index contributed by atoms with van der Waals surface area (Å²) in [7, 11) is 1.63. The second kappa shape index (κ2) is 7.69. The maximum absolute atomic E-state index is 12.5. The minimum Gasteiger partial charge on any atom is -0.497 e. The number of ether oxygens (including phenoxy) is 1. The number of fused-ring (bicyclic) bond motifs is 1. The summed E-state index contributed by atoms with van der Waals surface area (Å²) in [5, 5.41) is 0.721. The Balaban J connectivity index is 1.32. The third-order valence-electron chi connectivity index (χ3n) is 5.95. The molecule has 3 amide bonds. The molecule has 8 nitrogen and oxygen atoms in total. The van der Waals surface area contributed by atoms with Gasteiger partial charge in [0.25, 0.3) is 11.8 Å². The molecule has 1 aromatic rings. The number of amides is 3. The Hall–Kier alpha value is -2.77. The van der Waals surface area contributed by atoms with Gasteiger partial charge in [0.1, 0.15) is 5.75 Å². The predicted molar refractivity (Wildman–Crippen MR) is 101 cm³/mol. The number of imide groups is 1. The highest BCUT2D eigenvalue weighted by Crippen LogP contribution is 2.38. The lowest BCUT2D eigenvalue weighted by atomic mass is 9.81. The molecule has 1 aliphatic carbocycles. The second-order valence-corrected chi connectivity index (χ2v) is 7.50. The fraction of sp³-hybridized carbons (Fsp3) is 0.550. The van der Waals surface area contributed by atoms with Crippen LogP contribution < -0.4 is 9.64 Å². The van der Waals surface area contributed by atoms with Crippen LogP contribution in [0.2, 0.25) is 0 Å². The lowest BCUT2D eigenvalue weighted by Gasteiger charge is -2.35. The Bertz CT molecular complexity index is 734. The number of hydrogen-bond acceptors (Lipinski definition) is 6. The molecule has 3 aliphatic rings. The van der Waals surface area contributed by atoms with Crippen molar-refractivity contribution in [2.45, 2.75) is 25.7 Å². The molecule has 150 valence electrons. The first-order chi connectivity index (χ1) is 13.6. The van der Waals surface area contributed by atoms with E-state index in [2.05, 4.69) is 4.90 Å². The van der Waals surface area contributed by atoms with E-state index in [0.29, 0.717) is 39.0 Å². The maximum atomic E-state index is 12.5. The standard InChI is InChI=1S/C20H25N3O5/c1-27-15-8-6-14(7-9-15)21-10-12-22(13-11-21)20(26)28-23-18(24)16-4-2-3-5-17(16)19(23)25/h6-9,16-17H,2-5,10-13H2,1H3. The van der Waals surface area contributed by atoms with Crippen LogP contribution in [0.4, 0.5) is 10.5 Å². The van der Waals surface area contributed by atoms with Gasteiger partial charge >= 0.3 is 6.09 Å². The molecule has 2 unspecified atom stereocenters. The van der Waals surface area contributed by atoms with Crippen LogP contribution in [-0.4, -0.2) is 61.2 Å². The quantitative estimate of drug-likeness (QED) is 0.739. The molecule has 2 heterocycles. The number of hydroxylamine groups is 2. The smallest absolute Gasteiger partial charge is 0.434 e. The van der Waals surface area contributed by atoms with E-state index in [1.54, 1.807) is 12.0 Å². The molecule has 3 fully saturated rings. The predicted octanol–water partition coefficient (Wildman–Crippen LogP) is 2.04. The van der Waals surface area contributed by atoms with E-state index in [1.807, 2.05) is 24.3 Å². The molecule has 2 aliphatic heterocycles. The summed E-state index contributed by atoms with van der Waals surface area (Å²) >= 11 is 0. The Morgan fingerprint density at radius 1 is 0.929 bits per heavy atom. The number of piperazine rings is 1. The molecule has 0 N–H and O–H groups in total.